The lowest BCUT2D eigenvalue weighted by atomic mass is 10.1. The molecule has 0 spiro atoms. The minimum atomic E-state index is -1.02. The molecule has 105 heavy (non-hydrogen) atoms. The van der Waals surface area contributed by atoms with Gasteiger partial charge in [0.2, 0.25) is 5.91 Å². The molecule has 6 aromatic rings. The molecule has 6 aromatic carbocycles. The van der Waals surface area contributed by atoms with Gasteiger partial charge in [0.1, 0.15) is 46.8 Å². The zero-order valence-corrected chi connectivity index (χ0v) is 63.8. The van der Waals surface area contributed by atoms with Crippen molar-refractivity contribution in [3.05, 3.63) is 212 Å². The van der Waals surface area contributed by atoms with Crippen molar-refractivity contribution in [3.63, 3.8) is 0 Å². The number of amides is 1. The smallest absolute Gasteiger partial charge is 0.338 e. The van der Waals surface area contributed by atoms with Crippen LogP contribution in [0.15, 0.2) is 146 Å². The number of hydrogen-bond donors (Lipinski definition) is 3. The largest absolute Gasteiger partial charge is 0.478 e. The molecule has 0 unspecified atom stereocenters. The summed E-state index contributed by atoms with van der Waals surface area (Å²) in [5, 5.41) is 17.2. The van der Waals surface area contributed by atoms with Gasteiger partial charge in [-0.05, 0) is 258 Å². The van der Waals surface area contributed by atoms with Gasteiger partial charge in [-0.25, -0.2) is 47.9 Å². The molecule has 0 saturated heterocycles. The number of aliphatic hydroxyl groups is 1. The molecule has 0 fully saturated rings. The van der Waals surface area contributed by atoms with Crippen molar-refractivity contribution < 1.29 is 115 Å². The highest BCUT2D eigenvalue weighted by Gasteiger charge is 2.24. The van der Waals surface area contributed by atoms with Gasteiger partial charge < -0.3 is 63.3 Å². The van der Waals surface area contributed by atoms with Crippen LogP contribution in [-0.2, 0) is 47.4 Å². The van der Waals surface area contributed by atoms with Crippen LogP contribution in [0, 0.1) is 0 Å². The maximum absolute atomic E-state index is 11.8. The minimum Gasteiger partial charge on any atom is -0.478 e. The lowest BCUT2D eigenvalue weighted by molar-refractivity contribution is 0.00569. The summed E-state index contributed by atoms with van der Waals surface area (Å²) in [6.45, 7) is 34.4. The summed E-state index contributed by atoms with van der Waals surface area (Å²) in [7, 11) is 2.84. The van der Waals surface area contributed by atoms with E-state index in [9.17, 15) is 57.5 Å². The molecule has 0 aliphatic heterocycles. The van der Waals surface area contributed by atoms with Crippen molar-refractivity contribution >= 4 is 71.4 Å². The Morgan fingerprint density at radius 3 is 0.686 bits per heavy atom. The molecule has 570 valence electrons. The molecule has 0 atom stereocenters. The molecule has 0 heterocycles. The summed E-state index contributed by atoms with van der Waals surface area (Å²) >= 11 is 0. The fourth-order valence-corrected chi connectivity index (χ4v) is 7.41. The lowest BCUT2D eigenvalue weighted by Gasteiger charge is -2.19. The maximum Gasteiger partial charge on any atom is 0.338 e. The van der Waals surface area contributed by atoms with Crippen LogP contribution in [0.2, 0.25) is 0 Å². The Bertz CT molecular complexity index is 3670. The Morgan fingerprint density at radius 2 is 0.495 bits per heavy atom. The van der Waals surface area contributed by atoms with Gasteiger partial charge in [0.15, 0.2) is 5.78 Å². The first-order valence-electron chi connectivity index (χ1n) is 33.0. The van der Waals surface area contributed by atoms with Crippen LogP contribution in [0.1, 0.15) is 262 Å². The highest BCUT2D eigenvalue weighted by molar-refractivity contribution is 5.99. The SMILES string of the molecule is CC(C)(C)OC(=O)c1ccc(C(=O)O)cc1.CC(C)(C)OC(=O)c1ccc(C(=O)OCCO)cc1.CC(C)(C)OC(=O)c1ccc(C(N)=O)cc1.CCC(=O)c1ccc(C(=O)OC(C)(C)C)cc1.COC(=O)c1ccc(C(=O)OC(C)(C)C)cc1.COCCOC(=O)c1ccc(C(=O)OC(C)(C)C)cc1. The normalized spacial score (nSPS) is 11.0. The summed E-state index contributed by atoms with van der Waals surface area (Å²) in [5.74, 6) is -5.38. The maximum atomic E-state index is 11.8. The number of carboxylic acid groups (broad SMARTS) is 1. The Hall–Kier alpha value is -10.9. The van der Waals surface area contributed by atoms with E-state index in [0.29, 0.717) is 74.2 Å². The lowest BCUT2D eigenvalue weighted by Crippen LogP contribution is -2.24. The second-order valence-electron chi connectivity index (χ2n) is 28.4. The summed E-state index contributed by atoms with van der Waals surface area (Å²) < 4.78 is 50.2. The van der Waals surface area contributed by atoms with Crippen LogP contribution < -0.4 is 5.73 Å². The van der Waals surface area contributed by atoms with E-state index < -0.39 is 93.2 Å². The number of primary amides is 1. The molecule has 25 heteroatoms. The first-order chi connectivity index (χ1) is 48.4. The highest BCUT2D eigenvalue weighted by atomic mass is 16.6. The number of carboxylic acids is 1. The standard InChI is InChI=1S/C15H20O5.C14H18O5.C14H18O3.C13H16O4.C12H15NO3.C12H14O4/c1-15(2,3)20-14(17)12-7-5-11(6-8-12)13(16)19-10-9-18-4;1-14(2,3)19-13(17)11-6-4-10(5-7-11)12(16)18-9-8-15;1-5-12(15)10-6-8-11(9-7-10)13(16)17-14(2,3)4;1-13(2,3)17-12(15)10-7-5-9(6-8-10)11(14)16-4;2*1-12(2,3)16-11(15)9-6-4-8(5-7-9)10(13)14/h5-8H,9-10H2,1-4H3;4-7,15H,8-9H2,1-3H3;6-9H,5H2,1-4H3;5-8H,1-4H3;4-7H,1-3H3,(H2,13,14);4-7H,1-3H3,(H,13,14). The molecular weight excluding hydrogens is 1360 g/mol. The molecule has 0 saturated carbocycles. The molecule has 1 amide bonds. The van der Waals surface area contributed by atoms with Crippen molar-refractivity contribution in [1.29, 1.82) is 0 Å². The summed E-state index contributed by atoms with van der Waals surface area (Å²) in [4.78, 5) is 137. The predicted octanol–water partition coefficient (Wildman–Crippen LogP) is 14.0. The van der Waals surface area contributed by atoms with E-state index in [1.165, 1.54) is 111 Å². The number of methoxy groups -OCH3 is 2. The Morgan fingerprint density at radius 1 is 0.295 bits per heavy atom. The number of rotatable bonds is 18. The van der Waals surface area contributed by atoms with Gasteiger partial charge in [0, 0.05) is 24.7 Å². The van der Waals surface area contributed by atoms with Gasteiger partial charge in [0.25, 0.3) is 0 Å². The van der Waals surface area contributed by atoms with E-state index >= 15 is 0 Å². The van der Waals surface area contributed by atoms with Gasteiger partial charge in [-0.3, -0.25) is 9.59 Å². The monoisotopic (exact) mass is 1460 g/mol. The zero-order chi connectivity index (χ0) is 80.4. The third-order valence-corrected chi connectivity index (χ3v) is 12.0. The first-order valence-corrected chi connectivity index (χ1v) is 33.0. The fraction of sp³-hybridized carbons (Fsp3) is 0.400. The van der Waals surface area contributed by atoms with Crippen molar-refractivity contribution in [2.45, 2.75) is 172 Å². The molecule has 25 nitrogen and oxygen atoms in total. The number of carbonyl (C=O) groups excluding carboxylic acids is 11. The van der Waals surface area contributed by atoms with Crippen LogP contribution in [0.25, 0.3) is 0 Å². The van der Waals surface area contributed by atoms with Crippen LogP contribution in [-0.4, -0.2) is 156 Å². The molecule has 0 aromatic heterocycles. The highest BCUT2D eigenvalue weighted by Crippen LogP contribution is 2.20. The zero-order valence-electron chi connectivity index (χ0n) is 63.8. The summed E-state index contributed by atoms with van der Waals surface area (Å²) in [6, 6.07) is 36.5. The van der Waals surface area contributed by atoms with Crippen molar-refractivity contribution in [3.8, 4) is 0 Å². The van der Waals surface area contributed by atoms with Gasteiger partial charge in [0.05, 0.1) is 76.0 Å². The Balaban J connectivity index is 0.000000631. The molecule has 0 radical (unpaired) electrons. The van der Waals surface area contributed by atoms with E-state index in [4.69, 9.17) is 58.6 Å². The molecule has 0 aliphatic rings. The number of aliphatic hydroxyl groups excluding tert-OH is 1. The molecular formula is C80H101NO24. The number of benzene rings is 6. The van der Waals surface area contributed by atoms with E-state index in [1.54, 1.807) is 152 Å². The molecule has 0 bridgehead atoms. The number of hydrogen-bond acceptors (Lipinski definition) is 23. The summed E-state index contributed by atoms with van der Waals surface area (Å²) in [6.07, 6.45) is 0.464. The number of Topliss-reactive ketones (excluding diaryl/α,β-unsaturated/α-hetero) is 1. The quantitative estimate of drug-likeness (QED) is 0.0311. The van der Waals surface area contributed by atoms with Crippen LogP contribution in [0.4, 0.5) is 0 Å². The van der Waals surface area contributed by atoms with Crippen LogP contribution in [0.3, 0.4) is 0 Å². The van der Waals surface area contributed by atoms with Gasteiger partial charge >= 0.3 is 59.7 Å². The van der Waals surface area contributed by atoms with Crippen molar-refractivity contribution in [2.75, 3.05) is 40.6 Å². The average molecular weight is 1460 g/mol. The minimum absolute atomic E-state index is 0.0490. The second kappa shape index (κ2) is 42.6. The average Bonchev–Trinajstić information content (AvgIpc) is 0.890. The Labute approximate surface area is 614 Å². The number of ketones is 1. The van der Waals surface area contributed by atoms with E-state index in [1.807, 2.05) is 27.7 Å². The van der Waals surface area contributed by atoms with Gasteiger partial charge in [-0.2, -0.15) is 0 Å². The molecule has 6 rings (SSSR count). The predicted molar refractivity (Wildman–Crippen MR) is 391 cm³/mol. The van der Waals surface area contributed by atoms with Gasteiger partial charge in [-0.1, -0.05) is 19.1 Å². The fourth-order valence-electron chi connectivity index (χ4n) is 7.41. The van der Waals surface area contributed by atoms with E-state index in [0.717, 1.165) is 0 Å². The third kappa shape index (κ3) is 39.4. The van der Waals surface area contributed by atoms with E-state index in [2.05, 4.69) is 4.74 Å². The third-order valence-electron chi connectivity index (χ3n) is 12.0. The van der Waals surface area contributed by atoms with Gasteiger partial charge in [-0.15, -0.1) is 0 Å². The number of aromatic carboxylic acids is 1. The molecule has 0 aliphatic carbocycles. The van der Waals surface area contributed by atoms with Crippen LogP contribution in [0.5, 0.6) is 0 Å². The van der Waals surface area contributed by atoms with Crippen molar-refractivity contribution in [2.24, 2.45) is 5.73 Å². The van der Waals surface area contributed by atoms with Crippen molar-refractivity contribution in [1.82, 2.24) is 0 Å². The number of esters is 9. The van der Waals surface area contributed by atoms with Crippen LogP contribution >= 0.6 is 0 Å². The number of ether oxygens (including phenoxy) is 10. The summed E-state index contributed by atoms with van der Waals surface area (Å²) in [5.41, 5.74) is 6.50. The number of carbonyl (C=O) groups is 12. The molecule has 4 N–H and O–H groups in total. The second-order valence-corrected chi connectivity index (χ2v) is 28.4. The number of nitrogens with two attached hydrogens (primary N) is 1. The Kier molecular flexibility index (Phi) is 37.4. The van der Waals surface area contributed by atoms with E-state index in [-0.39, 0.29) is 37.1 Å². The topological polar surface area (TPSA) is 364 Å². The first kappa shape index (κ1) is 92.1.